The number of nitrogens with zero attached hydrogens (tertiary/aromatic N) is 2. The molecule has 0 saturated heterocycles. The van der Waals surface area contributed by atoms with Crippen LogP contribution < -0.4 is 5.11 Å². The first kappa shape index (κ1) is 33.4. The molecule has 4 aromatic rings. The molecule has 46 heavy (non-hydrogen) atoms. The van der Waals surface area contributed by atoms with Crippen LogP contribution in [-0.4, -0.2) is 32.5 Å². The number of nitro benzene ring substituents is 1. The average Bonchev–Trinajstić information content (AvgIpc) is 3.20. The topological polar surface area (TPSA) is 107 Å². The number of hydrogen-bond acceptors (Lipinski definition) is 5. The number of benzene rings is 4. The van der Waals surface area contributed by atoms with Gasteiger partial charge in [-0.2, -0.15) is 17.7 Å². The third kappa shape index (κ3) is 7.95. The number of alkyl halides is 3. The number of phenolic OH excluding ortho intramolecular Hbond substituents is 1. The predicted octanol–water partition coefficient (Wildman–Crippen LogP) is 7.54. The number of fused-ring (bicyclic) bond motifs is 1. The van der Waals surface area contributed by atoms with Crippen molar-refractivity contribution in [1.82, 2.24) is 0 Å². The lowest BCUT2D eigenvalue weighted by Crippen LogP contribution is -2.37. The van der Waals surface area contributed by atoms with Crippen molar-refractivity contribution >= 4 is 47.4 Å². The molecular weight excluding hydrogens is 597 g/mol. The van der Waals surface area contributed by atoms with Gasteiger partial charge in [0.1, 0.15) is 11.7 Å². The highest BCUT2D eigenvalue weighted by atomic mass is 19.4. The molecular formula is C36H31F3N2O5. The summed E-state index contributed by atoms with van der Waals surface area (Å²) >= 11 is 0. The molecule has 4 aromatic carbocycles. The Bertz CT molecular complexity index is 1840. The van der Waals surface area contributed by atoms with Crippen LogP contribution in [0.3, 0.4) is 0 Å². The van der Waals surface area contributed by atoms with E-state index in [1.807, 2.05) is 18.2 Å². The molecule has 0 amide bonds. The van der Waals surface area contributed by atoms with Crippen LogP contribution in [0, 0.1) is 10.1 Å². The van der Waals surface area contributed by atoms with Gasteiger partial charge in [0.2, 0.25) is 5.69 Å². The fraction of sp³-hybridized carbons (Fsp3) is 0.167. The van der Waals surface area contributed by atoms with Crippen LogP contribution >= 0.6 is 0 Å². The van der Waals surface area contributed by atoms with Gasteiger partial charge in [-0.05, 0) is 54.3 Å². The Morgan fingerprint density at radius 2 is 1.35 bits per heavy atom. The second-order valence-electron chi connectivity index (χ2n) is 11.2. The zero-order chi connectivity index (χ0) is 33.6. The molecule has 0 atom stereocenters. The van der Waals surface area contributed by atoms with E-state index in [-0.39, 0.29) is 16.9 Å². The number of carbonyl (C=O) groups is 1. The molecule has 0 radical (unpaired) electrons. The van der Waals surface area contributed by atoms with Crippen LogP contribution in [0.1, 0.15) is 54.2 Å². The molecule has 236 valence electrons. The smallest absolute Gasteiger partial charge is 0.430 e. The highest BCUT2D eigenvalue weighted by Gasteiger charge is 2.43. The maximum absolute atomic E-state index is 11.3. The van der Waals surface area contributed by atoms with Crippen LogP contribution in [0.2, 0.25) is 0 Å². The summed E-state index contributed by atoms with van der Waals surface area (Å²) in [4.78, 5) is 19.6. The minimum atomic E-state index is -5.19. The summed E-state index contributed by atoms with van der Waals surface area (Å²) in [6.07, 6.45) is 3.27. The molecule has 0 unspecified atom stereocenters. The van der Waals surface area contributed by atoms with E-state index >= 15 is 0 Å². The second-order valence-corrected chi connectivity index (χ2v) is 11.2. The fourth-order valence-electron chi connectivity index (χ4n) is 4.96. The van der Waals surface area contributed by atoms with Gasteiger partial charge in [-0.3, -0.25) is 10.1 Å². The van der Waals surface area contributed by atoms with Crippen molar-refractivity contribution in [3.8, 4) is 5.75 Å². The molecule has 10 heteroatoms. The molecule has 1 aliphatic heterocycles. The van der Waals surface area contributed by atoms with Crippen molar-refractivity contribution in [1.29, 1.82) is 0 Å². The van der Waals surface area contributed by atoms with Crippen molar-refractivity contribution in [3.63, 3.8) is 0 Å². The Morgan fingerprint density at radius 3 is 1.87 bits per heavy atom. The number of aliphatic carboxylic acids is 1. The SMILES string of the molecule is CC1=[N+](Cc2cc([N+](=O)[O-])ccc2O)c2ccc(/C=C/c3ccc(/C=C/c4ccccc4)cc3)cc2C1(C)C.O=C([O-])C(F)(F)F. The molecule has 5 rings (SSSR count). The van der Waals surface area contributed by atoms with E-state index in [0.29, 0.717) is 12.1 Å². The summed E-state index contributed by atoms with van der Waals surface area (Å²) < 4.78 is 33.7. The van der Waals surface area contributed by atoms with Gasteiger partial charge in [0.15, 0.2) is 12.3 Å². The van der Waals surface area contributed by atoms with Crippen LogP contribution in [0.15, 0.2) is 91.0 Å². The number of phenols is 1. The van der Waals surface area contributed by atoms with Gasteiger partial charge in [0, 0.05) is 30.7 Å². The van der Waals surface area contributed by atoms with Gasteiger partial charge < -0.3 is 15.0 Å². The van der Waals surface area contributed by atoms with E-state index < -0.39 is 17.1 Å². The third-order valence-electron chi connectivity index (χ3n) is 7.80. The number of carboxylic acids is 1. The van der Waals surface area contributed by atoms with E-state index in [4.69, 9.17) is 9.90 Å². The molecule has 0 spiro atoms. The molecule has 0 aliphatic carbocycles. The van der Waals surface area contributed by atoms with E-state index in [2.05, 4.69) is 104 Å². The molecule has 0 fully saturated rings. The van der Waals surface area contributed by atoms with Crippen LogP contribution in [0.4, 0.5) is 24.5 Å². The lowest BCUT2D eigenvalue weighted by molar-refractivity contribution is -0.456. The molecule has 0 aromatic heterocycles. The Morgan fingerprint density at radius 1 is 0.848 bits per heavy atom. The highest BCUT2D eigenvalue weighted by molar-refractivity contribution is 5.93. The number of nitro groups is 1. The third-order valence-corrected chi connectivity index (χ3v) is 7.80. The average molecular weight is 629 g/mol. The minimum absolute atomic E-state index is 0.0279. The molecule has 1 N–H and O–H groups in total. The number of aromatic hydroxyl groups is 1. The summed E-state index contributed by atoms with van der Waals surface area (Å²) in [5, 5.41) is 30.4. The van der Waals surface area contributed by atoms with Crippen LogP contribution in [0.5, 0.6) is 5.75 Å². The predicted molar refractivity (Wildman–Crippen MR) is 170 cm³/mol. The zero-order valence-electron chi connectivity index (χ0n) is 25.3. The van der Waals surface area contributed by atoms with Crippen LogP contribution in [0.25, 0.3) is 24.3 Å². The Kier molecular flexibility index (Phi) is 9.90. The highest BCUT2D eigenvalue weighted by Crippen LogP contribution is 2.41. The van der Waals surface area contributed by atoms with Crippen molar-refractivity contribution in [2.24, 2.45) is 0 Å². The largest absolute Gasteiger partial charge is 0.542 e. The molecule has 0 bridgehead atoms. The van der Waals surface area contributed by atoms with Crippen molar-refractivity contribution < 1.29 is 37.7 Å². The summed E-state index contributed by atoms with van der Waals surface area (Å²) in [7, 11) is 0. The van der Waals surface area contributed by atoms with Crippen molar-refractivity contribution in [2.45, 2.75) is 38.9 Å². The molecule has 0 saturated carbocycles. The first-order chi connectivity index (χ1) is 21.7. The first-order valence-electron chi connectivity index (χ1n) is 14.2. The number of non-ortho nitro benzene ring substituents is 1. The van der Waals surface area contributed by atoms with Gasteiger partial charge in [0.05, 0.1) is 15.9 Å². The van der Waals surface area contributed by atoms with Gasteiger partial charge >= 0.3 is 6.18 Å². The molecule has 1 aliphatic rings. The number of halogens is 3. The summed E-state index contributed by atoms with van der Waals surface area (Å²) in [6.45, 7) is 6.81. The number of carbonyl (C=O) groups excluding carboxylic acids is 1. The lowest BCUT2D eigenvalue weighted by atomic mass is 9.81. The quantitative estimate of drug-likeness (QED) is 0.0986. The van der Waals surface area contributed by atoms with Gasteiger partial charge in [-0.15, -0.1) is 0 Å². The van der Waals surface area contributed by atoms with Crippen molar-refractivity contribution in [2.75, 3.05) is 0 Å². The van der Waals surface area contributed by atoms with E-state index in [0.717, 1.165) is 28.1 Å². The van der Waals surface area contributed by atoms with Gasteiger partial charge in [-0.1, -0.05) is 78.9 Å². The van der Waals surface area contributed by atoms with E-state index in [9.17, 15) is 28.4 Å². The standard InChI is InChI=1S/C34H30N2O3.C2HF3O2/c1-24-34(2,3)31-21-28(16-15-27-13-11-26(12-14-27)10-9-25-7-5-4-6-8-25)17-19-32(31)35(24)23-29-22-30(36(38)39)18-20-33(29)37;3-2(4,5)1(6)7/h4-22H,23H2,1-3H3;(H,6,7)/b10-9+,16-15+;. The van der Waals surface area contributed by atoms with Gasteiger partial charge in [-0.25, -0.2) is 0 Å². The number of rotatable bonds is 7. The maximum atomic E-state index is 11.3. The lowest BCUT2D eigenvalue weighted by Gasteiger charge is -2.15. The second kappa shape index (κ2) is 13.6. The maximum Gasteiger partial charge on any atom is 0.430 e. The van der Waals surface area contributed by atoms with Gasteiger partial charge in [0.25, 0.3) is 5.69 Å². The Hall–Kier alpha value is -5.51. The van der Waals surface area contributed by atoms with E-state index in [1.165, 1.54) is 29.3 Å². The first-order valence-corrected chi connectivity index (χ1v) is 14.2. The minimum Gasteiger partial charge on any atom is -0.542 e. The molecule has 7 nitrogen and oxygen atoms in total. The fourth-order valence-corrected chi connectivity index (χ4v) is 4.96. The summed E-state index contributed by atoms with van der Waals surface area (Å²) in [5.41, 5.74) is 8.19. The number of hydrogen-bond donors (Lipinski definition) is 1. The summed E-state index contributed by atoms with van der Waals surface area (Å²) in [5.74, 6) is -2.95. The normalized spacial score (nSPS) is 13.9. The van der Waals surface area contributed by atoms with E-state index in [1.54, 1.807) is 0 Å². The monoisotopic (exact) mass is 628 g/mol. The summed E-state index contributed by atoms with van der Waals surface area (Å²) in [6, 6.07) is 29.3. The van der Waals surface area contributed by atoms with Crippen molar-refractivity contribution in [3.05, 3.63) is 134 Å². The molecule has 1 heterocycles. The number of carboxylic acid groups (broad SMARTS) is 1. The Labute approximate surface area is 264 Å². The zero-order valence-corrected chi connectivity index (χ0v) is 25.3. The Balaban J connectivity index is 0.000000617. The van der Waals surface area contributed by atoms with Crippen LogP contribution in [-0.2, 0) is 16.8 Å².